The normalized spacial score (nSPS) is 10.3. The molecule has 132 valence electrons. The molecule has 0 atom stereocenters. The Morgan fingerprint density at radius 1 is 1.08 bits per heavy atom. The summed E-state index contributed by atoms with van der Waals surface area (Å²) < 4.78 is 18.3. The van der Waals surface area contributed by atoms with Crippen molar-refractivity contribution in [3.63, 3.8) is 0 Å². The minimum atomic E-state index is -0.353. The van der Waals surface area contributed by atoms with Crippen LogP contribution >= 0.6 is 11.6 Å². The van der Waals surface area contributed by atoms with E-state index in [9.17, 15) is 9.18 Å². The zero-order valence-electron chi connectivity index (χ0n) is 13.8. The molecule has 3 aromatic rings. The molecule has 0 bridgehead atoms. The van der Waals surface area contributed by atoms with Crippen LogP contribution in [-0.4, -0.2) is 18.0 Å². The van der Waals surface area contributed by atoms with Gasteiger partial charge in [-0.2, -0.15) is 0 Å². The van der Waals surface area contributed by atoms with Crippen LogP contribution in [0, 0.1) is 5.82 Å². The summed E-state index contributed by atoms with van der Waals surface area (Å²) >= 11 is 6.06. The van der Waals surface area contributed by atoms with Crippen molar-refractivity contribution < 1.29 is 13.9 Å². The average molecular weight is 372 g/mol. The van der Waals surface area contributed by atoms with Gasteiger partial charge in [-0.3, -0.25) is 9.78 Å². The van der Waals surface area contributed by atoms with Crippen molar-refractivity contribution in [2.24, 2.45) is 0 Å². The number of hydrogen-bond donors (Lipinski definition) is 2. The van der Waals surface area contributed by atoms with Crippen LogP contribution in [0.2, 0.25) is 5.02 Å². The number of carbonyl (C=O) groups excluding carboxylic acids is 1. The summed E-state index contributed by atoms with van der Waals surface area (Å²) in [6, 6.07) is 12.6. The maximum atomic E-state index is 13.3. The Morgan fingerprint density at radius 3 is 2.65 bits per heavy atom. The van der Waals surface area contributed by atoms with Crippen molar-refractivity contribution in [3.05, 3.63) is 77.3 Å². The fraction of sp³-hybridized carbons (Fsp3) is 0.0526. The van der Waals surface area contributed by atoms with Crippen LogP contribution in [0.4, 0.5) is 21.5 Å². The number of methoxy groups -OCH3 is 1. The maximum absolute atomic E-state index is 13.3. The van der Waals surface area contributed by atoms with E-state index in [4.69, 9.17) is 16.3 Å². The smallest absolute Gasteiger partial charge is 0.257 e. The molecule has 2 N–H and O–H groups in total. The molecule has 0 spiro atoms. The van der Waals surface area contributed by atoms with Crippen LogP contribution < -0.4 is 15.4 Å². The predicted octanol–water partition coefficient (Wildman–Crippen LogP) is 4.88. The Balaban J connectivity index is 1.74. The summed E-state index contributed by atoms with van der Waals surface area (Å²) in [7, 11) is 1.52. The number of hydrogen-bond acceptors (Lipinski definition) is 4. The van der Waals surface area contributed by atoms with E-state index in [1.807, 2.05) is 0 Å². The van der Waals surface area contributed by atoms with Gasteiger partial charge in [0.05, 0.1) is 29.6 Å². The van der Waals surface area contributed by atoms with Crippen LogP contribution in [0.15, 0.2) is 60.9 Å². The predicted molar refractivity (Wildman–Crippen MR) is 99.9 cm³/mol. The molecule has 5 nitrogen and oxygen atoms in total. The van der Waals surface area contributed by atoms with Crippen molar-refractivity contribution in [1.29, 1.82) is 0 Å². The minimum absolute atomic E-state index is 0.346. The number of carbonyl (C=O) groups is 1. The molecular formula is C19H15ClFN3O2. The molecule has 1 aromatic heterocycles. The number of pyridine rings is 1. The van der Waals surface area contributed by atoms with Crippen LogP contribution in [-0.2, 0) is 0 Å². The number of ether oxygens (including phenoxy) is 1. The lowest BCUT2D eigenvalue weighted by Crippen LogP contribution is -2.12. The zero-order valence-corrected chi connectivity index (χ0v) is 14.5. The molecule has 1 amide bonds. The van der Waals surface area contributed by atoms with Gasteiger partial charge in [-0.05, 0) is 42.5 Å². The molecule has 0 saturated heterocycles. The monoisotopic (exact) mass is 371 g/mol. The van der Waals surface area contributed by atoms with Gasteiger partial charge in [0, 0.05) is 17.6 Å². The lowest BCUT2D eigenvalue weighted by atomic mass is 10.2. The third kappa shape index (κ3) is 4.29. The van der Waals surface area contributed by atoms with Crippen molar-refractivity contribution in [2.45, 2.75) is 0 Å². The van der Waals surface area contributed by atoms with E-state index < -0.39 is 0 Å². The lowest BCUT2D eigenvalue weighted by molar-refractivity contribution is 0.102. The van der Waals surface area contributed by atoms with Crippen molar-refractivity contribution in [1.82, 2.24) is 4.98 Å². The van der Waals surface area contributed by atoms with Crippen LogP contribution in [0.1, 0.15) is 10.4 Å². The number of amides is 1. The molecule has 0 saturated carbocycles. The Labute approximate surface area is 154 Å². The quantitative estimate of drug-likeness (QED) is 0.671. The van der Waals surface area contributed by atoms with Gasteiger partial charge in [0.2, 0.25) is 0 Å². The van der Waals surface area contributed by atoms with E-state index in [0.29, 0.717) is 33.4 Å². The van der Waals surface area contributed by atoms with Crippen molar-refractivity contribution in [2.75, 3.05) is 17.7 Å². The first-order chi connectivity index (χ1) is 12.5. The minimum Gasteiger partial charge on any atom is -0.495 e. The van der Waals surface area contributed by atoms with Gasteiger partial charge in [0.1, 0.15) is 11.6 Å². The standard InChI is InChI=1S/C19H15ClFN3O2/c1-26-18-6-5-15(9-17(18)20)24-19(25)12-7-16(11-22-10-12)23-14-4-2-3-13(21)8-14/h2-11,23H,1H3,(H,24,25). The molecule has 3 rings (SSSR count). The van der Waals surface area contributed by atoms with Gasteiger partial charge in [0.15, 0.2) is 0 Å². The molecule has 0 unspecified atom stereocenters. The van der Waals surface area contributed by atoms with Crippen LogP contribution in [0.3, 0.4) is 0 Å². The number of nitrogens with one attached hydrogen (secondary N) is 2. The number of aromatic nitrogens is 1. The second kappa shape index (κ2) is 7.84. The second-order valence-electron chi connectivity index (χ2n) is 5.40. The first-order valence-electron chi connectivity index (χ1n) is 7.67. The number of rotatable bonds is 5. The van der Waals surface area contributed by atoms with Crippen LogP contribution in [0.25, 0.3) is 0 Å². The van der Waals surface area contributed by atoms with Gasteiger partial charge >= 0.3 is 0 Å². The van der Waals surface area contributed by atoms with E-state index in [-0.39, 0.29) is 11.7 Å². The molecule has 0 radical (unpaired) electrons. The van der Waals surface area contributed by atoms with E-state index >= 15 is 0 Å². The van der Waals surface area contributed by atoms with E-state index in [1.54, 1.807) is 42.6 Å². The lowest BCUT2D eigenvalue weighted by Gasteiger charge is -2.10. The number of anilines is 3. The maximum Gasteiger partial charge on any atom is 0.257 e. The van der Waals surface area contributed by atoms with E-state index in [1.165, 1.54) is 25.4 Å². The highest BCUT2D eigenvalue weighted by Gasteiger charge is 2.10. The summed E-state index contributed by atoms with van der Waals surface area (Å²) in [5.74, 6) is -0.178. The first-order valence-corrected chi connectivity index (χ1v) is 8.05. The largest absolute Gasteiger partial charge is 0.495 e. The third-order valence-electron chi connectivity index (χ3n) is 3.52. The van der Waals surface area contributed by atoms with Gasteiger partial charge in [0.25, 0.3) is 5.91 Å². The van der Waals surface area contributed by atoms with Gasteiger partial charge in [-0.25, -0.2) is 4.39 Å². The highest BCUT2D eigenvalue weighted by atomic mass is 35.5. The molecule has 0 aliphatic carbocycles. The zero-order chi connectivity index (χ0) is 18.5. The van der Waals surface area contributed by atoms with Gasteiger partial charge < -0.3 is 15.4 Å². The molecule has 1 heterocycles. The number of benzene rings is 2. The Kier molecular flexibility index (Phi) is 5.34. The fourth-order valence-corrected chi connectivity index (χ4v) is 2.57. The fourth-order valence-electron chi connectivity index (χ4n) is 2.31. The SMILES string of the molecule is COc1ccc(NC(=O)c2cncc(Nc3cccc(F)c3)c2)cc1Cl. The highest BCUT2D eigenvalue weighted by molar-refractivity contribution is 6.32. The van der Waals surface area contributed by atoms with E-state index in [2.05, 4.69) is 15.6 Å². The Bertz CT molecular complexity index is 950. The second-order valence-corrected chi connectivity index (χ2v) is 5.81. The summed E-state index contributed by atoms with van der Waals surface area (Å²) in [6.45, 7) is 0. The summed E-state index contributed by atoms with van der Waals surface area (Å²) in [5.41, 5.74) is 2.00. The summed E-state index contributed by atoms with van der Waals surface area (Å²) in [6.07, 6.45) is 2.99. The highest BCUT2D eigenvalue weighted by Crippen LogP contribution is 2.27. The first kappa shape index (κ1) is 17.7. The summed E-state index contributed by atoms with van der Waals surface area (Å²) in [5, 5.41) is 6.15. The Hall–Kier alpha value is -3.12. The molecule has 7 heteroatoms. The number of halogens is 2. The molecule has 0 aliphatic rings. The molecule has 0 fully saturated rings. The van der Waals surface area contributed by atoms with Crippen molar-refractivity contribution >= 4 is 34.6 Å². The topological polar surface area (TPSA) is 63.2 Å². The molecule has 2 aromatic carbocycles. The van der Waals surface area contributed by atoms with Gasteiger partial charge in [-0.15, -0.1) is 0 Å². The Morgan fingerprint density at radius 2 is 1.92 bits per heavy atom. The van der Waals surface area contributed by atoms with E-state index in [0.717, 1.165) is 0 Å². The molecular weight excluding hydrogens is 357 g/mol. The van der Waals surface area contributed by atoms with Gasteiger partial charge in [-0.1, -0.05) is 17.7 Å². The molecule has 26 heavy (non-hydrogen) atoms. The third-order valence-corrected chi connectivity index (χ3v) is 3.82. The average Bonchev–Trinajstić information content (AvgIpc) is 2.62. The summed E-state index contributed by atoms with van der Waals surface area (Å²) in [4.78, 5) is 16.5. The molecule has 0 aliphatic heterocycles. The van der Waals surface area contributed by atoms with Crippen molar-refractivity contribution in [3.8, 4) is 5.75 Å². The van der Waals surface area contributed by atoms with Crippen LogP contribution in [0.5, 0.6) is 5.75 Å². The number of nitrogens with zero attached hydrogens (tertiary/aromatic N) is 1.